The lowest BCUT2D eigenvalue weighted by Gasteiger charge is -2.24. The van der Waals surface area contributed by atoms with Gasteiger partial charge in [0, 0.05) is 42.6 Å². The molecular weight excluding hydrogens is 354 g/mol. The third kappa shape index (κ3) is 3.82. The van der Waals surface area contributed by atoms with Crippen molar-refractivity contribution in [3.63, 3.8) is 0 Å². The van der Waals surface area contributed by atoms with E-state index in [0.717, 1.165) is 25.9 Å². The van der Waals surface area contributed by atoms with Crippen LogP contribution in [-0.2, 0) is 6.42 Å². The Labute approximate surface area is 164 Å². The minimum atomic E-state index is -0.404. The van der Waals surface area contributed by atoms with Crippen molar-refractivity contribution in [2.24, 2.45) is 0 Å². The smallest absolute Gasteiger partial charge is 0.270 e. The van der Waals surface area contributed by atoms with E-state index in [-0.39, 0.29) is 5.69 Å². The molecule has 0 bridgehead atoms. The lowest BCUT2D eigenvalue weighted by molar-refractivity contribution is -0.384. The number of benzene rings is 2. The van der Waals surface area contributed by atoms with Gasteiger partial charge >= 0.3 is 0 Å². The summed E-state index contributed by atoms with van der Waals surface area (Å²) in [4.78, 5) is 17.4. The summed E-state index contributed by atoms with van der Waals surface area (Å²) in [5, 5.41) is 11.0. The molecule has 1 aliphatic rings. The van der Waals surface area contributed by atoms with E-state index in [0.29, 0.717) is 29.2 Å². The molecule has 0 amide bonds. The molecule has 1 aliphatic heterocycles. The van der Waals surface area contributed by atoms with E-state index >= 15 is 0 Å². The lowest BCUT2D eigenvalue weighted by Crippen LogP contribution is -2.31. The van der Waals surface area contributed by atoms with Crippen molar-refractivity contribution in [2.75, 3.05) is 13.1 Å². The first-order chi connectivity index (χ1) is 13.6. The molecule has 28 heavy (non-hydrogen) atoms. The number of aromatic nitrogens is 1. The highest BCUT2D eigenvalue weighted by Gasteiger charge is 2.31. The zero-order valence-corrected chi connectivity index (χ0v) is 15.8. The number of nitro groups is 1. The normalized spacial score (nSPS) is 19.8. The van der Waals surface area contributed by atoms with Gasteiger partial charge in [0.1, 0.15) is 0 Å². The molecule has 2 atom stereocenters. The van der Waals surface area contributed by atoms with Gasteiger partial charge in [-0.1, -0.05) is 42.5 Å². The predicted molar refractivity (Wildman–Crippen MR) is 107 cm³/mol. The molecule has 0 aliphatic carbocycles. The van der Waals surface area contributed by atoms with Crippen molar-refractivity contribution in [2.45, 2.75) is 31.7 Å². The van der Waals surface area contributed by atoms with Crippen molar-refractivity contribution >= 4 is 5.69 Å². The third-order valence-electron chi connectivity index (χ3n) is 5.62. The fraction of sp³-hybridized carbons (Fsp3) is 0.318. The van der Waals surface area contributed by atoms with E-state index in [2.05, 4.69) is 47.1 Å². The zero-order chi connectivity index (χ0) is 19.5. The first-order valence-electron chi connectivity index (χ1n) is 9.60. The maximum absolute atomic E-state index is 11.0. The van der Waals surface area contributed by atoms with Gasteiger partial charge in [0.2, 0.25) is 0 Å². The SMILES string of the molecule is C[C@H]1[C@H](c2ccccc2)CCN1CCc1ncc(-c2cccc([N+](=O)[O-])c2)o1. The van der Waals surface area contributed by atoms with Crippen LogP contribution in [-0.4, -0.2) is 33.9 Å². The number of nitrogens with zero attached hydrogens (tertiary/aromatic N) is 3. The molecule has 2 aromatic carbocycles. The standard InChI is InChI=1S/C22H23N3O3/c1-16-20(17-6-3-2-4-7-17)10-12-24(16)13-11-22-23-15-21(28-22)18-8-5-9-19(14-18)25(26)27/h2-9,14-16,20H,10-13H2,1H3/t16-,20+/m0/s1. The maximum atomic E-state index is 11.0. The Morgan fingerprint density at radius 3 is 2.82 bits per heavy atom. The van der Waals surface area contributed by atoms with Crippen molar-refractivity contribution in [1.29, 1.82) is 0 Å². The van der Waals surface area contributed by atoms with E-state index in [9.17, 15) is 10.1 Å². The van der Waals surface area contributed by atoms with E-state index in [1.54, 1.807) is 18.3 Å². The Kier molecular flexibility index (Phi) is 5.21. The largest absolute Gasteiger partial charge is 0.441 e. The van der Waals surface area contributed by atoms with Crippen molar-refractivity contribution in [3.8, 4) is 11.3 Å². The molecule has 1 saturated heterocycles. The Hall–Kier alpha value is -2.99. The number of hydrogen-bond acceptors (Lipinski definition) is 5. The van der Waals surface area contributed by atoms with Crippen LogP contribution in [0, 0.1) is 10.1 Å². The van der Waals surface area contributed by atoms with Gasteiger partial charge in [0.05, 0.1) is 11.1 Å². The highest BCUT2D eigenvalue weighted by Crippen LogP contribution is 2.33. The second kappa shape index (κ2) is 7.94. The number of hydrogen-bond donors (Lipinski definition) is 0. The summed E-state index contributed by atoms with van der Waals surface area (Å²) in [5.41, 5.74) is 2.13. The lowest BCUT2D eigenvalue weighted by atomic mass is 9.93. The molecule has 2 heterocycles. The van der Waals surface area contributed by atoms with Gasteiger partial charge in [-0.2, -0.15) is 0 Å². The summed E-state index contributed by atoms with van der Waals surface area (Å²) < 4.78 is 5.85. The molecule has 3 aromatic rings. The van der Waals surface area contributed by atoms with Crippen LogP contribution < -0.4 is 0 Å². The van der Waals surface area contributed by atoms with Gasteiger partial charge in [-0.05, 0) is 25.5 Å². The summed E-state index contributed by atoms with van der Waals surface area (Å²) in [7, 11) is 0. The Morgan fingerprint density at radius 2 is 2.04 bits per heavy atom. The molecule has 6 nitrogen and oxygen atoms in total. The van der Waals surface area contributed by atoms with Crippen molar-refractivity contribution in [3.05, 3.63) is 82.4 Å². The fourth-order valence-electron chi connectivity index (χ4n) is 4.04. The van der Waals surface area contributed by atoms with Gasteiger partial charge in [0.15, 0.2) is 11.7 Å². The highest BCUT2D eigenvalue weighted by molar-refractivity contribution is 5.60. The second-order valence-corrected chi connectivity index (χ2v) is 7.26. The van der Waals surface area contributed by atoms with Crippen LogP contribution >= 0.6 is 0 Å². The van der Waals surface area contributed by atoms with Gasteiger partial charge in [-0.3, -0.25) is 15.0 Å². The third-order valence-corrected chi connectivity index (χ3v) is 5.62. The second-order valence-electron chi connectivity index (χ2n) is 7.26. The van der Waals surface area contributed by atoms with Gasteiger partial charge in [-0.25, -0.2) is 4.98 Å². The summed E-state index contributed by atoms with van der Waals surface area (Å²) >= 11 is 0. The zero-order valence-electron chi connectivity index (χ0n) is 15.8. The predicted octanol–water partition coefficient (Wildman–Crippen LogP) is 4.67. The van der Waals surface area contributed by atoms with Crippen LogP contribution in [0.1, 0.15) is 30.7 Å². The van der Waals surface area contributed by atoms with Crippen LogP contribution in [0.5, 0.6) is 0 Å². The van der Waals surface area contributed by atoms with Crippen LogP contribution in [0.3, 0.4) is 0 Å². The summed E-state index contributed by atoms with van der Waals surface area (Å²) in [5.74, 6) is 1.79. The van der Waals surface area contributed by atoms with Crippen LogP contribution in [0.4, 0.5) is 5.69 Å². The molecule has 0 spiro atoms. The Morgan fingerprint density at radius 1 is 1.21 bits per heavy atom. The van der Waals surface area contributed by atoms with E-state index in [1.165, 1.54) is 17.7 Å². The Balaban J connectivity index is 1.39. The average molecular weight is 377 g/mol. The molecule has 0 radical (unpaired) electrons. The number of likely N-dealkylation sites (tertiary alicyclic amines) is 1. The molecule has 144 valence electrons. The van der Waals surface area contributed by atoms with Gasteiger partial charge < -0.3 is 4.42 Å². The molecule has 1 aromatic heterocycles. The van der Waals surface area contributed by atoms with Crippen molar-refractivity contribution in [1.82, 2.24) is 9.88 Å². The van der Waals surface area contributed by atoms with Crippen LogP contribution in [0.2, 0.25) is 0 Å². The number of non-ortho nitro benzene ring substituents is 1. The monoisotopic (exact) mass is 377 g/mol. The number of oxazole rings is 1. The summed E-state index contributed by atoms with van der Waals surface area (Å²) in [6.45, 7) is 4.24. The molecule has 0 unspecified atom stereocenters. The molecule has 0 saturated carbocycles. The van der Waals surface area contributed by atoms with Crippen LogP contribution in [0.25, 0.3) is 11.3 Å². The molecule has 1 fully saturated rings. The fourth-order valence-corrected chi connectivity index (χ4v) is 4.04. The topological polar surface area (TPSA) is 72.4 Å². The van der Waals surface area contributed by atoms with E-state index in [1.807, 2.05) is 0 Å². The quantitative estimate of drug-likeness (QED) is 0.461. The summed E-state index contributed by atoms with van der Waals surface area (Å²) in [6.07, 6.45) is 3.53. The Bertz CT molecular complexity index is 954. The minimum absolute atomic E-state index is 0.0493. The van der Waals surface area contributed by atoms with Crippen LogP contribution in [0.15, 0.2) is 65.2 Å². The van der Waals surface area contributed by atoms with E-state index in [4.69, 9.17) is 4.42 Å². The number of rotatable bonds is 6. The average Bonchev–Trinajstić information content (AvgIpc) is 3.34. The number of nitro benzene ring substituents is 1. The highest BCUT2D eigenvalue weighted by atomic mass is 16.6. The van der Waals surface area contributed by atoms with E-state index < -0.39 is 4.92 Å². The van der Waals surface area contributed by atoms with Crippen molar-refractivity contribution < 1.29 is 9.34 Å². The molecular formula is C22H23N3O3. The first kappa shape index (κ1) is 18.4. The van der Waals surface area contributed by atoms with Gasteiger partial charge in [-0.15, -0.1) is 0 Å². The summed E-state index contributed by atoms with van der Waals surface area (Å²) in [6, 6.07) is 17.6. The molecule has 0 N–H and O–H groups in total. The molecule has 6 heteroatoms. The molecule has 4 rings (SSSR count). The minimum Gasteiger partial charge on any atom is -0.441 e. The first-order valence-corrected chi connectivity index (χ1v) is 9.60. The maximum Gasteiger partial charge on any atom is 0.270 e. The van der Waals surface area contributed by atoms with Gasteiger partial charge in [0.25, 0.3) is 5.69 Å².